The lowest BCUT2D eigenvalue weighted by molar-refractivity contribution is -0.122. The molecule has 0 atom stereocenters. The molecule has 0 N–H and O–H groups in total. The van der Waals surface area contributed by atoms with Gasteiger partial charge in [0.25, 0.3) is 5.91 Å². The molecule has 0 radical (unpaired) electrons. The smallest absolute Gasteiger partial charge is 0.266 e. The van der Waals surface area contributed by atoms with E-state index in [4.69, 9.17) is 40.2 Å². The molecule has 1 aliphatic heterocycles. The van der Waals surface area contributed by atoms with Gasteiger partial charge in [0.05, 0.1) is 23.6 Å². The first kappa shape index (κ1) is 18.3. The van der Waals surface area contributed by atoms with E-state index in [0.717, 1.165) is 5.56 Å². The third-order valence-electron chi connectivity index (χ3n) is 3.58. The van der Waals surface area contributed by atoms with Crippen molar-refractivity contribution in [1.29, 1.82) is 0 Å². The van der Waals surface area contributed by atoms with Gasteiger partial charge in [-0.05, 0) is 23.8 Å². The Kier molecular flexibility index (Phi) is 5.69. The van der Waals surface area contributed by atoms with Gasteiger partial charge in [-0.1, -0.05) is 77.5 Å². The van der Waals surface area contributed by atoms with Crippen LogP contribution >= 0.6 is 47.2 Å². The van der Waals surface area contributed by atoms with Crippen molar-refractivity contribution in [3.63, 3.8) is 0 Å². The molecule has 0 aliphatic carbocycles. The van der Waals surface area contributed by atoms with E-state index in [1.807, 2.05) is 30.3 Å². The highest BCUT2D eigenvalue weighted by Gasteiger charge is 2.32. The first-order valence-corrected chi connectivity index (χ1v) is 9.30. The van der Waals surface area contributed by atoms with Gasteiger partial charge in [-0.15, -0.1) is 0 Å². The molecule has 1 saturated heterocycles. The molecule has 0 spiro atoms. The maximum atomic E-state index is 12.7. The number of rotatable bonds is 4. The predicted molar refractivity (Wildman–Crippen MR) is 108 cm³/mol. The number of ether oxygens (including phenoxy) is 1. The van der Waals surface area contributed by atoms with Crippen LogP contribution in [0.25, 0.3) is 6.08 Å². The number of carbonyl (C=O) groups is 1. The van der Waals surface area contributed by atoms with Crippen molar-refractivity contribution in [3.05, 3.63) is 68.5 Å². The number of thioether (sulfide) groups is 1. The number of amides is 1. The van der Waals surface area contributed by atoms with Crippen LogP contribution in [0.2, 0.25) is 10.0 Å². The second kappa shape index (κ2) is 7.79. The molecule has 128 valence electrons. The summed E-state index contributed by atoms with van der Waals surface area (Å²) in [4.78, 5) is 14.8. The molecular formula is C18H13Cl2NO2S2. The number of halogens is 2. The Hall–Kier alpha value is -1.53. The predicted octanol–water partition coefficient (Wildman–Crippen LogP) is 5.40. The summed E-state index contributed by atoms with van der Waals surface area (Å²) in [6.07, 6.45) is 1.71. The van der Waals surface area contributed by atoms with Gasteiger partial charge in [0.1, 0.15) is 10.1 Å². The van der Waals surface area contributed by atoms with Crippen LogP contribution in [0.4, 0.5) is 0 Å². The Morgan fingerprint density at radius 1 is 1.24 bits per heavy atom. The zero-order chi connectivity index (χ0) is 18.0. The van der Waals surface area contributed by atoms with Gasteiger partial charge >= 0.3 is 0 Å². The maximum Gasteiger partial charge on any atom is 0.266 e. The molecule has 2 aromatic rings. The third kappa shape index (κ3) is 4.01. The molecule has 3 nitrogen and oxygen atoms in total. The van der Waals surface area contributed by atoms with Gasteiger partial charge in [-0.2, -0.15) is 0 Å². The molecule has 0 saturated carbocycles. The average Bonchev–Trinajstić information content (AvgIpc) is 2.83. The van der Waals surface area contributed by atoms with Crippen molar-refractivity contribution in [1.82, 2.24) is 4.90 Å². The molecule has 7 heteroatoms. The van der Waals surface area contributed by atoms with Crippen LogP contribution in [0.1, 0.15) is 11.1 Å². The van der Waals surface area contributed by atoms with E-state index in [1.165, 1.54) is 18.9 Å². The van der Waals surface area contributed by atoms with E-state index in [1.54, 1.807) is 23.1 Å². The highest BCUT2D eigenvalue weighted by Crippen LogP contribution is 2.38. The third-order valence-corrected chi connectivity index (χ3v) is 5.46. The van der Waals surface area contributed by atoms with Gasteiger partial charge in [-0.3, -0.25) is 9.69 Å². The highest BCUT2D eigenvalue weighted by molar-refractivity contribution is 8.26. The molecule has 1 amide bonds. The quantitative estimate of drug-likeness (QED) is 0.499. The molecule has 0 aromatic heterocycles. The van der Waals surface area contributed by atoms with Crippen molar-refractivity contribution < 1.29 is 9.53 Å². The zero-order valence-electron chi connectivity index (χ0n) is 13.2. The summed E-state index contributed by atoms with van der Waals surface area (Å²) in [6.45, 7) is 0.441. The molecular weight excluding hydrogens is 397 g/mol. The molecule has 25 heavy (non-hydrogen) atoms. The first-order valence-electron chi connectivity index (χ1n) is 7.32. The number of nitrogens with zero attached hydrogens (tertiary/aromatic N) is 1. The summed E-state index contributed by atoms with van der Waals surface area (Å²) >= 11 is 18.8. The van der Waals surface area contributed by atoms with Gasteiger partial charge < -0.3 is 4.74 Å². The van der Waals surface area contributed by atoms with E-state index in [9.17, 15) is 4.79 Å². The number of benzene rings is 2. The fourth-order valence-electron chi connectivity index (χ4n) is 2.45. The van der Waals surface area contributed by atoms with Crippen molar-refractivity contribution in [3.8, 4) is 5.75 Å². The van der Waals surface area contributed by atoms with Crippen molar-refractivity contribution >= 4 is 63.5 Å². The van der Waals surface area contributed by atoms with E-state index in [2.05, 4.69) is 0 Å². The molecule has 1 heterocycles. The van der Waals surface area contributed by atoms with Gasteiger partial charge in [-0.25, -0.2) is 0 Å². The van der Waals surface area contributed by atoms with Crippen LogP contribution in [-0.2, 0) is 11.3 Å². The van der Waals surface area contributed by atoms with Crippen LogP contribution in [0.15, 0.2) is 47.4 Å². The molecule has 0 unspecified atom stereocenters. The van der Waals surface area contributed by atoms with Crippen LogP contribution in [0.3, 0.4) is 0 Å². The van der Waals surface area contributed by atoms with E-state index >= 15 is 0 Å². The Labute approximate surface area is 165 Å². The van der Waals surface area contributed by atoms with Crippen molar-refractivity contribution in [2.24, 2.45) is 0 Å². The van der Waals surface area contributed by atoms with Crippen molar-refractivity contribution in [2.45, 2.75) is 6.54 Å². The minimum atomic E-state index is -0.142. The zero-order valence-corrected chi connectivity index (χ0v) is 16.3. The summed E-state index contributed by atoms with van der Waals surface area (Å²) in [5, 5.41) is 0.859. The molecule has 0 bridgehead atoms. The van der Waals surface area contributed by atoms with Crippen LogP contribution < -0.4 is 4.74 Å². The molecule has 1 aliphatic rings. The summed E-state index contributed by atoms with van der Waals surface area (Å²) in [7, 11) is 1.52. The highest BCUT2D eigenvalue weighted by atomic mass is 35.5. The normalized spacial score (nSPS) is 16.0. The average molecular weight is 410 g/mol. The lowest BCUT2D eigenvalue weighted by atomic mass is 10.1. The minimum Gasteiger partial charge on any atom is -0.495 e. The Morgan fingerprint density at radius 3 is 2.64 bits per heavy atom. The minimum absolute atomic E-state index is 0.142. The first-order chi connectivity index (χ1) is 12.0. The number of thiocarbonyl (C=S) groups is 1. The summed E-state index contributed by atoms with van der Waals surface area (Å²) in [6, 6.07) is 13.0. The monoisotopic (exact) mass is 409 g/mol. The summed E-state index contributed by atoms with van der Waals surface area (Å²) < 4.78 is 5.84. The summed E-state index contributed by atoms with van der Waals surface area (Å²) in [5.41, 5.74) is 1.66. The van der Waals surface area contributed by atoms with E-state index < -0.39 is 0 Å². The molecule has 3 rings (SSSR count). The Morgan fingerprint density at radius 2 is 1.96 bits per heavy atom. The molecule has 2 aromatic carbocycles. The second-order valence-corrected chi connectivity index (χ2v) is 7.78. The fourth-order valence-corrected chi connectivity index (χ4v) is 4.28. The number of methoxy groups -OCH3 is 1. The Bertz CT molecular complexity index is 869. The van der Waals surface area contributed by atoms with Crippen LogP contribution in [-0.4, -0.2) is 22.2 Å². The Balaban J connectivity index is 1.91. The van der Waals surface area contributed by atoms with Gasteiger partial charge in [0, 0.05) is 10.6 Å². The van der Waals surface area contributed by atoms with Gasteiger partial charge in [0.15, 0.2) is 0 Å². The largest absolute Gasteiger partial charge is 0.495 e. The van der Waals surface area contributed by atoms with Gasteiger partial charge in [0.2, 0.25) is 0 Å². The number of carbonyl (C=O) groups excluding carboxylic acids is 1. The SMILES string of the molecule is COc1c(Cl)cc(Cl)cc1/C=C1\SC(=S)N(Cc2ccccc2)C1=O. The second-order valence-electron chi connectivity index (χ2n) is 5.26. The van der Waals surface area contributed by atoms with Crippen LogP contribution in [0, 0.1) is 0 Å². The molecule has 1 fully saturated rings. The van der Waals surface area contributed by atoms with E-state index in [0.29, 0.717) is 37.1 Å². The lowest BCUT2D eigenvalue weighted by Gasteiger charge is -2.14. The maximum absolute atomic E-state index is 12.7. The standard InChI is InChI=1S/C18H13Cl2NO2S2/c1-23-16-12(7-13(19)9-14(16)20)8-15-17(22)21(18(24)25-15)10-11-5-3-2-4-6-11/h2-9H,10H2,1H3/b15-8-. The number of hydrogen-bond acceptors (Lipinski definition) is 4. The van der Waals surface area contributed by atoms with Crippen LogP contribution in [0.5, 0.6) is 5.75 Å². The fraction of sp³-hybridized carbons (Fsp3) is 0.111. The number of hydrogen-bond donors (Lipinski definition) is 0. The topological polar surface area (TPSA) is 29.5 Å². The lowest BCUT2D eigenvalue weighted by Crippen LogP contribution is -2.27. The van der Waals surface area contributed by atoms with E-state index in [-0.39, 0.29) is 5.91 Å². The summed E-state index contributed by atoms with van der Waals surface area (Å²) in [5.74, 6) is 0.330. The van der Waals surface area contributed by atoms with Crippen molar-refractivity contribution in [2.75, 3.05) is 7.11 Å².